The number of carboxylic acids is 1. The van der Waals surface area contributed by atoms with Crippen LogP contribution in [0.25, 0.3) is 0 Å². The molecule has 1 saturated heterocycles. The maximum atomic E-state index is 10.9. The molecule has 0 aliphatic carbocycles. The quantitative estimate of drug-likeness (QED) is 0.647. The molecular weight excluding hydrogens is 204 g/mol. The lowest BCUT2D eigenvalue weighted by atomic mass is 10.0. The van der Waals surface area contributed by atoms with Gasteiger partial charge in [0.1, 0.15) is 5.54 Å². The number of aliphatic carboxylic acids is 1. The van der Waals surface area contributed by atoms with Crippen LogP contribution in [0.2, 0.25) is 0 Å². The molecule has 1 rings (SSSR count). The Labute approximate surface area is 97.8 Å². The molecule has 4 nitrogen and oxygen atoms in total. The van der Waals surface area contributed by atoms with Gasteiger partial charge in [0.25, 0.3) is 0 Å². The Bertz CT molecular complexity index is 233. The number of nitrogens with two attached hydrogens (primary N) is 1. The van der Waals surface area contributed by atoms with E-state index in [1.165, 1.54) is 25.7 Å². The summed E-state index contributed by atoms with van der Waals surface area (Å²) >= 11 is 0. The molecule has 0 aromatic heterocycles. The van der Waals surface area contributed by atoms with Gasteiger partial charge >= 0.3 is 5.97 Å². The van der Waals surface area contributed by atoms with Crippen molar-refractivity contribution in [3.63, 3.8) is 0 Å². The van der Waals surface area contributed by atoms with E-state index in [0.29, 0.717) is 13.0 Å². The number of rotatable bonds is 7. The van der Waals surface area contributed by atoms with Crippen molar-refractivity contribution < 1.29 is 9.90 Å². The Morgan fingerprint density at radius 2 is 2.06 bits per heavy atom. The van der Waals surface area contributed by atoms with Gasteiger partial charge in [-0.1, -0.05) is 32.6 Å². The number of nitrogens with zero attached hydrogens (tertiary/aromatic N) is 1. The van der Waals surface area contributed by atoms with Gasteiger partial charge in [-0.25, -0.2) is 0 Å². The van der Waals surface area contributed by atoms with Crippen molar-refractivity contribution in [2.75, 3.05) is 19.6 Å². The van der Waals surface area contributed by atoms with E-state index in [4.69, 9.17) is 10.8 Å². The van der Waals surface area contributed by atoms with Crippen molar-refractivity contribution in [1.82, 2.24) is 4.90 Å². The zero-order chi connectivity index (χ0) is 12.0. The van der Waals surface area contributed by atoms with Gasteiger partial charge in [0.05, 0.1) is 0 Å². The Kier molecular flexibility index (Phi) is 5.22. The van der Waals surface area contributed by atoms with E-state index < -0.39 is 11.5 Å². The highest BCUT2D eigenvalue weighted by Gasteiger charge is 2.40. The molecular formula is C12H24N2O2. The van der Waals surface area contributed by atoms with E-state index in [2.05, 4.69) is 11.8 Å². The van der Waals surface area contributed by atoms with Gasteiger partial charge in [0, 0.05) is 13.1 Å². The fourth-order valence-electron chi connectivity index (χ4n) is 2.22. The minimum absolute atomic E-state index is 0.510. The van der Waals surface area contributed by atoms with Crippen molar-refractivity contribution in [1.29, 1.82) is 0 Å². The number of carbonyl (C=O) groups is 1. The second-order valence-electron chi connectivity index (χ2n) is 4.90. The van der Waals surface area contributed by atoms with Gasteiger partial charge in [0.2, 0.25) is 0 Å². The Balaban J connectivity index is 2.14. The molecule has 1 atom stereocenters. The minimum atomic E-state index is -0.997. The first-order valence-corrected chi connectivity index (χ1v) is 6.33. The summed E-state index contributed by atoms with van der Waals surface area (Å²) in [5.41, 5.74) is 4.81. The molecule has 3 N–H and O–H groups in total. The zero-order valence-corrected chi connectivity index (χ0v) is 10.2. The first-order chi connectivity index (χ1) is 7.58. The first kappa shape index (κ1) is 13.5. The Hall–Kier alpha value is -0.610. The maximum Gasteiger partial charge on any atom is 0.325 e. The molecule has 1 heterocycles. The summed E-state index contributed by atoms with van der Waals surface area (Å²) in [5, 5.41) is 8.98. The highest BCUT2D eigenvalue weighted by Crippen LogP contribution is 2.19. The van der Waals surface area contributed by atoms with Crippen molar-refractivity contribution in [3.8, 4) is 0 Å². The summed E-state index contributed by atoms with van der Waals surface area (Å²) in [5.74, 6) is -0.860. The molecule has 0 radical (unpaired) electrons. The van der Waals surface area contributed by atoms with Crippen molar-refractivity contribution >= 4 is 5.97 Å². The summed E-state index contributed by atoms with van der Waals surface area (Å²) in [6.45, 7) is 4.54. The van der Waals surface area contributed by atoms with Gasteiger partial charge in [0.15, 0.2) is 0 Å². The van der Waals surface area contributed by atoms with Crippen molar-refractivity contribution in [2.24, 2.45) is 5.73 Å². The number of unbranched alkanes of at least 4 members (excludes halogenated alkanes) is 4. The molecule has 0 amide bonds. The van der Waals surface area contributed by atoms with Gasteiger partial charge in [-0.05, 0) is 19.4 Å². The van der Waals surface area contributed by atoms with Crippen LogP contribution in [-0.2, 0) is 4.79 Å². The molecule has 1 aliphatic heterocycles. The number of hydrogen-bond acceptors (Lipinski definition) is 3. The van der Waals surface area contributed by atoms with E-state index in [9.17, 15) is 4.79 Å². The van der Waals surface area contributed by atoms with Crippen LogP contribution >= 0.6 is 0 Å². The monoisotopic (exact) mass is 228 g/mol. The standard InChI is InChI=1S/C12H24N2O2/c1-2-3-4-5-6-8-14-9-7-12(13,10-14)11(15)16/h2-10,13H2,1H3,(H,15,16). The third kappa shape index (κ3) is 3.76. The van der Waals surface area contributed by atoms with E-state index in [1.807, 2.05) is 0 Å². The molecule has 0 saturated carbocycles. The molecule has 94 valence electrons. The number of hydrogen-bond donors (Lipinski definition) is 2. The summed E-state index contributed by atoms with van der Waals surface area (Å²) in [4.78, 5) is 13.1. The molecule has 0 aromatic rings. The van der Waals surface area contributed by atoms with Crippen LogP contribution in [0.15, 0.2) is 0 Å². The third-order valence-corrected chi connectivity index (χ3v) is 3.38. The summed E-state index contributed by atoms with van der Waals surface area (Å²) in [6.07, 6.45) is 6.84. The van der Waals surface area contributed by atoms with Crippen LogP contribution in [0, 0.1) is 0 Å². The lowest BCUT2D eigenvalue weighted by molar-refractivity contribution is -0.142. The van der Waals surface area contributed by atoms with Crippen molar-refractivity contribution in [3.05, 3.63) is 0 Å². The van der Waals surface area contributed by atoms with Crippen LogP contribution in [-0.4, -0.2) is 41.1 Å². The zero-order valence-electron chi connectivity index (χ0n) is 10.2. The van der Waals surface area contributed by atoms with E-state index in [0.717, 1.165) is 19.5 Å². The van der Waals surface area contributed by atoms with Crippen LogP contribution in [0.4, 0.5) is 0 Å². The molecule has 16 heavy (non-hydrogen) atoms. The molecule has 1 fully saturated rings. The average Bonchev–Trinajstić information content (AvgIpc) is 2.62. The molecule has 0 spiro atoms. The molecule has 4 heteroatoms. The highest BCUT2D eigenvalue weighted by molar-refractivity contribution is 5.79. The SMILES string of the molecule is CCCCCCCN1CCC(N)(C(=O)O)C1. The van der Waals surface area contributed by atoms with Crippen LogP contribution < -0.4 is 5.73 Å². The predicted octanol–water partition coefficient (Wildman–Crippen LogP) is 1.44. The van der Waals surface area contributed by atoms with Gasteiger partial charge in [-0.3, -0.25) is 4.79 Å². The summed E-state index contributed by atoms with van der Waals surface area (Å²) in [7, 11) is 0. The van der Waals surface area contributed by atoms with E-state index in [1.54, 1.807) is 0 Å². The predicted molar refractivity (Wildman–Crippen MR) is 64.4 cm³/mol. The molecule has 0 aromatic carbocycles. The summed E-state index contributed by atoms with van der Waals surface area (Å²) < 4.78 is 0. The maximum absolute atomic E-state index is 10.9. The normalized spacial score (nSPS) is 26.1. The fraction of sp³-hybridized carbons (Fsp3) is 0.917. The van der Waals surface area contributed by atoms with Gasteiger partial charge in [-0.2, -0.15) is 0 Å². The second kappa shape index (κ2) is 6.21. The van der Waals surface area contributed by atoms with E-state index >= 15 is 0 Å². The van der Waals surface area contributed by atoms with Crippen molar-refractivity contribution in [2.45, 2.75) is 51.0 Å². The largest absolute Gasteiger partial charge is 0.480 e. The smallest absolute Gasteiger partial charge is 0.325 e. The number of carboxylic acid groups (broad SMARTS) is 1. The van der Waals surface area contributed by atoms with Crippen LogP contribution in [0.5, 0.6) is 0 Å². The lowest BCUT2D eigenvalue weighted by Gasteiger charge is -2.19. The number of likely N-dealkylation sites (tertiary alicyclic amines) is 1. The van der Waals surface area contributed by atoms with Gasteiger partial charge in [-0.15, -0.1) is 0 Å². The molecule has 1 unspecified atom stereocenters. The molecule has 1 aliphatic rings. The Morgan fingerprint density at radius 1 is 1.38 bits per heavy atom. The first-order valence-electron chi connectivity index (χ1n) is 6.33. The molecule has 0 bridgehead atoms. The lowest BCUT2D eigenvalue weighted by Crippen LogP contribution is -2.50. The van der Waals surface area contributed by atoms with Crippen LogP contribution in [0.1, 0.15) is 45.4 Å². The average molecular weight is 228 g/mol. The highest BCUT2D eigenvalue weighted by atomic mass is 16.4. The fourth-order valence-corrected chi connectivity index (χ4v) is 2.22. The topological polar surface area (TPSA) is 66.6 Å². The second-order valence-corrected chi connectivity index (χ2v) is 4.90. The van der Waals surface area contributed by atoms with Crippen LogP contribution in [0.3, 0.4) is 0 Å². The van der Waals surface area contributed by atoms with E-state index in [-0.39, 0.29) is 0 Å². The Morgan fingerprint density at radius 3 is 2.62 bits per heavy atom. The van der Waals surface area contributed by atoms with Gasteiger partial charge < -0.3 is 15.7 Å². The summed E-state index contributed by atoms with van der Waals surface area (Å²) in [6, 6.07) is 0. The third-order valence-electron chi connectivity index (χ3n) is 3.38. The minimum Gasteiger partial charge on any atom is -0.480 e.